The van der Waals surface area contributed by atoms with Gasteiger partial charge in [0, 0.05) is 17.4 Å². The second-order valence-electron chi connectivity index (χ2n) is 4.41. The molecule has 1 aromatic carbocycles. The molecule has 3 N–H and O–H groups in total. The van der Waals surface area contributed by atoms with Crippen molar-refractivity contribution in [3.05, 3.63) is 41.6 Å². The summed E-state index contributed by atoms with van der Waals surface area (Å²) in [6.07, 6.45) is 0. The molecule has 0 amide bonds. The zero-order valence-electron chi connectivity index (χ0n) is 11.3. The first-order valence-corrected chi connectivity index (χ1v) is 6.10. The number of aryl methyl sites for hydroxylation is 1. The Labute approximate surface area is 112 Å². The first kappa shape index (κ1) is 13.1. The minimum absolute atomic E-state index is 0.0648. The maximum Gasteiger partial charge on any atom is 0.226 e. The van der Waals surface area contributed by atoms with Gasteiger partial charge in [0.15, 0.2) is 0 Å². The highest BCUT2D eigenvalue weighted by Crippen LogP contribution is 2.20. The van der Waals surface area contributed by atoms with Gasteiger partial charge in [-0.3, -0.25) is 0 Å². The maximum atomic E-state index is 5.78. The van der Waals surface area contributed by atoms with Crippen molar-refractivity contribution in [2.75, 3.05) is 18.2 Å². The van der Waals surface area contributed by atoms with Gasteiger partial charge in [-0.1, -0.05) is 12.1 Å². The standard InChI is InChI=1S/C14H18N4O/c1-9-7-13(19-3)18-14(16-9)17-10(2)11-5-4-6-12(15)8-11/h4-8,10H,15H2,1-3H3,(H,16,17,18). The average molecular weight is 258 g/mol. The predicted octanol–water partition coefficient (Wildman–Crippen LogP) is 2.55. The highest BCUT2D eigenvalue weighted by Gasteiger charge is 2.09. The van der Waals surface area contributed by atoms with Gasteiger partial charge in [-0.15, -0.1) is 0 Å². The fourth-order valence-corrected chi connectivity index (χ4v) is 1.81. The van der Waals surface area contributed by atoms with E-state index in [-0.39, 0.29) is 6.04 Å². The average Bonchev–Trinajstić information content (AvgIpc) is 2.38. The fourth-order valence-electron chi connectivity index (χ4n) is 1.81. The van der Waals surface area contributed by atoms with Crippen molar-refractivity contribution in [2.45, 2.75) is 19.9 Å². The van der Waals surface area contributed by atoms with Crippen molar-refractivity contribution in [2.24, 2.45) is 0 Å². The summed E-state index contributed by atoms with van der Waals surface area (Å²) in [5.41, 5.74) is 8.47. The first-order valence-electron chi connectivity index (χ1n) is 6.10. The lowest BCUT2D eigenvalue weighted by molar-refractivity contribution is 0.397. The molecule has 0 spiro atoms. The molecular weight excluding hydrogens is 240 g/mol. The molecule has 5 nitrogen and oxygen atoms in total. The monoisotopic (exact) mass is 258 g/mol. The molecule has 0 aliphatic heterocycles. The number of methoxy groups -OCH3 is 1. The molecule has 2 aromatic rings. The summed E-state index contributed by atoms with van der Waals surface area (Å²) in [5, 5.41) is 3.24. The van der Waals surface area contributed by atoms with E-state index in [2.05, 4.69) is 15.3 Å². The van der Waals surface area contributed by atoms with E-state index in [1.54, 1.807) is 13.2 Å². The van der Waals surface area contributed by atoms with Crippen molar-refractivity contribution in [3.8, 4) is 5.88 Å². The second-order valence-corrected chi connectivity index (χ2v) is 4.41. The molecular formula is C14H18N4O. The van der Waals surface area contributed by atoms with Crippen LogP contribution in [0, 0.1) is 6.92 Å². The van der Waals surface area contributed by atoms with Crippen molar-refractivity contribution in [3.63, 3.8) is 0 Å². The number of anilines is 2. The number of nitrogen functional groups attached to an aromatic ring is 1. The van der Waals surface area contributed by atoms with Crippen LogP contribution >= 0.6 is 0 Å². The minimum Gasteiger partial charge on any atom is -0.481 e. The van der Waals surface area contributed by atoms with Gasteiger partial charge in [0.1, 0.15) is 0 Å². The number of hydrogen-bond acceptors (Lipinski definition) is 5. The SMILES string of the molecule is COc1cc(C)nc(NC(C)c2cccc(N)c2)n1. The number of nitrogens with zero attached hydrogens (tertiary/aromatic N) is 2. The minimum atomic E-state index is 0.0648. The molecule has 0 fully saturated rings. The molecule has 1 atom stereocenters. The summed E-state index contributed by atoms with van der Waals surface area (Å²) in [5.74, 6) is 1.10. The molecule has 0 aliphatic rings. The van der Waals surface area contributed by atoms with Crippen molar-refractivity contribution >= 4 is 11.6 Å². The summed E-state index contributed by atoms with van der Waals surface area (Å²) in [7, 11) is 1.59. The molecule has 0 radical (unpaired) electrons. The quantitative estimate of drug-likeness (QED) is 0.824. The van der Waals surface area contributed by atoms with Gasteiger partial charge in [0.05, 0.1) is 13.2 Å². The Morgan fingerprint density at radius 3 is 2.74 bits per heavy atom. The number of ether oxygens (including phenoxy) is 1. The molecule has 0 bridgehead atoms. The smallest absolute Gasteiger partial charge is 0.226 e. The van der Waals surface area contributed by atoms with E-state index < -0.39 is 0 Å². The summed E-state index contributed by atoms with van der Waals surface area (Å²) in [6, 6.07) is 9.60. The molecule has 0 saturated carbocycles. The maximum absolute atomic E-state index is 5.78. The van der Waals surface area contributed by atoms with E-state index in [1.165, 1.54) is 0 Å². The normalized spacial score (nSPS) is 11.9. The topological polar surface area (TPSA) is 73.1 Å². The molecule has 0 saturated heterocycles. The summed E-state index contributed by atoms with van der Waals surface area (Å²) >= 11 is 0. The van der Waals surface area contributed by atoms with Gasteiger partial charge in [0.2, 0.25) is 11.8 Å². The van der Waals surface area contributed by atoms with Crippen LogP contribution in [-0.4, -0.2) is 17.1 Å². The Balaban J connectivity index is 2.18. The highest BCUT2D eigenvalue weighted by atomic mass is 16.5. The van der Waals surface area contributed by atoms with Crippen molar-refractivity contribution < 1.29 is 4.74 Å². The Morgan fingerprint density at radius 2 is 2.05 bits per heavy atom. The van der Waals surface area contributed by atoms with Crippen LogP contribution in [0.3, 0.4) is 0 Å². The Kier molecular flexibility index (Phi) is 3.85. The Morgan fingerprint density at radius 1 is 1.26 bits per heavy atom. The van der Waals surface area contributed by atoms with Crippen LogP contribution in [0.4, 0.5) is 11.6 Å². The van der Waals surface area contributed by atoms with Gasteiger partial charge in [-0.05, 0) is 31.5 Å². The van der Waals surface area contributed by atoms with E-state index in [0.717, 1.165) is 16.9 Å². The van der Waals surface area contributed by atoms with Gasteiger partial charge < -0.3 is 15.8 Å². The van der Waals surface area contributed by atoms with Crippen molar-refractivity contribution in [1.82, 2.24) is 9.97 Å². The molecule has 100 valence electrons. The zero-order valence-corrected chi connectivity index (χ0v) is 11.3. The highest BCUT2D eigenvalue weighted by molar-refractivity contribution is 5.43. The predicted molar refractivity (Wildman–Crippen MR) is 76.2 cm³/mol. The van der Waals surface area contributed by atoms with E-state index >= 15 is 0 Å². The molecule has 2 rings (SSSR count). The van der Waals surface area contributed by atoms with E-state index in [9.17, 15) is 0 Å². The summed E-state index contributed by atoms with van der Waals surface area (Å²) < 4.78 is 5.13. The molecule has 1 aromatic heterocycles. The number of rotatable bonds is 4. The number of aromatic nitrogens is 2. The lowest BCUT2D eigenvalue weighted by Crippen LogP contribution is -2.10. The van der Waals surface area contributed by atoms with Crippen LogP contribution in [0.15, 0.2) is 30.3 Å². The largest absolute Gasteiger partial charge is 0.481 e. The Hall–Kier alpha value is -2.30. The first-order chi connectivity index (χ1) is 9.08. The van der Waals surface area contributed by atoms with E-state index in [4.69, 9.17) is 10.5 Å². The van der Waals surface area contributed by atoms with E-state index in [0.29, 0.717) is 11.8 Å². The van der Waals surface area contributed by atoms with E-state index in [1.807, 2.05) is 38.1 Å². The lowest BCUT2D eigenvalue weighted by atomic mass is 10.1. The second kappa shape index (κ2) is 5.56. The molecule has 19 heavy (non-hydrogen) atoms. The van der Waals surface area contributed by atoms with Crippen LogP contribution in [0.5, 0.6) is 5.88 Å². The third kappa shape index (κ3) is 3.34. The van der Waals surface area contributed by atoms with Gasteiger partial charge in [0.25, 0.3) is 0 Å². The molecule has 0 aliphatic carbocycles. The summed E-state index contributed by atoms with van der Waals surface area (Å²) in [6.45, 7) is 3.94. The van der Waals surface area contributed by atoms with Gasteiger partial charge >= 0.3 is 0 Å². The Bertz CT molecular complexity index is 571. The van der Waals surface area contributed by atoms with Crippen LogP contribution < -0.4 is 15.8 Å². The number of benzene rings is 1. The van der Waals surface area contributed by atoms with Crippen LogP contribution in [-0.2, 0) is 0 Å². The third-order valence-corrected chi connectivity index (χ3v) is 2.80. The van der Waals surface area contributed by atoms with Crippen molar-refractivity contribution in [1.29, 1.82) is 0 Å². The van der Waals surface area contributed by atoms with Crippen LogP contribution in [0.1, 0.15) is 24.2 Å². The zero-order chi connectivity index (χ0) is 13.8. The van der Waals surface area contributed by atoms with Gasteiger partial charge in [-0.25, -0.2) is 4.98 Å². The van der Waals surface area contributed by atoms with Crippen LogP contribution in [0.25, 0.3) is 0 Å². The number of nitrogens with two attached hydrogens (primary N) is 1. The van der Waals surface area contributed by atoms with Gasteiger partial charge in [-0.2, -0.15) is 4.98 Å². The fraction of sp³-hybridized carbons (Fsp3) is 0.286. The third-order valence-electron chi connectivity index (χ3n) is 2.80. The molecule has 1 unspecified atom stereocenters. The lowest BCUT2D eigenvalue weighted by Gasteiger charge is -2.15. The number of nitrogens with one attached hydrogen (secondary N) is 1. The number of hydrogen-bond donors (Lipinski definition) is 2. The molecule has 1 heterocycles. The summed E-state index contributed by atoms with van der Waals surface area (Å²) in [4.78, 5) is 8.60. The van der Waals surface area contributed by atoms with Crippen LogP contribution in [0.2, 0.25) is 0 Å². The molecule has 5 heteroatoms.